The van der Waals surface area contributed by atoms with Crippen molar-refractivity contribution in [2.75, 3.05) is 19.1 Å². The predicted molar refractivity (Wildman–Crippen MR) is 131 cm³/mol. The minimum Gasteiger partial charge on any atom is -0.497 e. The monoisotopic (exact) mass is 477 g/mol. The van der Waals surface area contributed by atoms with Gasteiger partial charge in [-0.1, -0.05) is 11.6 Å². The number of nitrogens with zero attached hydrogens (tertiary/aromatic N) is 3. The number of allylic oxidation sites excluding steroid dienone is 1. The van der Waals surface area contributed by atoms with Crippen molar-refractivity contribution in [1.82, 2.24) is 4.98 Å². The Morgan fingerprint density at radius 2 is 1.85 bits per heavy atom. The zero-order chi connectivity index (χ0) is 22.7. The Morgan fingerprint density at radius 1 is 1.06 bits per heavy atom. The molecule has 0 saturated heterocycles. The highest BCUT2D eigenvalue weighted by Crippen LogP contribution is 2.53. The molecule has 3 aromatic rings. The van der Waals surface area contributed by atoms with Crippen LogP contribution in [-0.2, 0) is 4.79 Å². The van der Waals surface area contributed by atoms with Crippen molar-refractivity contribution < 1.29 is 14.3 Å². The van der Waals surface area contributed by atoms with Crippen molar-refractivity contribution in [3.8, 4) is 11.5 Å². The molecule has 2 aliphatic heterocycles. The van der Waals surface area contributed by atoms with Gasteiger partial charge in [-0.3, -0.25) is 4.79 Å². The van der Waals surface area contributed by atoms with Crippen LogP contribution in [-0.4, -0.2) is 30.2 Å². The van der Waals surface area contributed by atoms with Crippen LogP contribution in [0.1, 0.15) is 30.9 Å². The summed E-state index contributed by atoms with van der Waals surface area (Å²) in [5.74, 6) is 1.65. The number of methoxy groups -OCH3 is 2. The van der Waals surface area contributed by atoms with Crippen LogP contribution in [0.5, 0.6) is 11.5 Å². The van der Waals surface area contributed by atoms with Crippen molar-refractivity contribution in [3.05, 3.63) is 64.5 Å². The first kappa shape index (κ1) is 20.6. The molecule has 6 nitrogen and oxygen atoms in total. The number of pyridine rings is 1. The molecule has 0 radical (unpaired) electrons. The van der Waals surface area contributed by atoms with Crippen LogP contribution in [0.2, 0.25) is 5.15 Å². The Morgan fingerprint density at radius 3 is 2.67 bits per heavy atom. The highest BCUT2D eigenvalue weighted by Gasteiger charge is 2.43. The molecule has 0 amide bonds. The lowest BCUT2D eigenvalue weighted by molar-refractivity contribution is -0.116. The average molecular weight is 478 g/mol. The zero-order valence-corrected chi connectivity index (χ0v) is 19.7. The number of fused-ring (bicyclic) bond motifs is 4. The number of carbonyl (C=O) groups is 1. The number of carbonyl (C=O) groups excluding carboxylic acids is 1. The van der Waals surface area contributed by atoms with Gasteiger partial charge in [0.15, 0.2) is 11.0 Å². The number of ketones is 1. The molecular weight excluding hydrogens is 458 g/mol. The Labute approximate surface area is 200 Å². The first-order chi connectivity index (χ1) is 16.1. The summed E-state index contributed by atoms with van der Waals surface area (Å²) in [6.07, 6.45) is 2.11. The summed E-state index contributed by atoms with van der Waals surface area (Å²) < 4.78 is 10.8. The first-order valence-electron chi connectivity index (χ1n) is 10.7. The summed E-state index contributed by atoms with van der Waals surface area (Å²) in [7, 11) is 3.29. The third-order valence-corrected chi connectivity index (χ3v) is 7.64. The molecule has 0 bridgehead atoms. The molecular formula is C25H20ClN3O3S. The van der Waals surface area contributed by atoms with Crippen LogP contribution in [0.25, 0.3) is 10.9 Å². The Balaban J connectivity index is 1.59. The number of hydrogen-bond donors (Lipinski definition) is 0. The molecule has 6 rings (SSSR count). The maximum Gasteiger partial charge on any atom is 0.174 e. The lowest BCUT2D eigenvalue weighted by Crippen LogP contribution is -2.38. The van der Waals surface area contributed by atoms with Crippen LogP contribution in [0.4, 0.5) is 5.69 Å². The summed E-state index contributed by atoms with van der Waals surface area (Å²) in [5.41, 5.74) is 4.13. The average Bonchev–Trinajstić information content (AvgIpc) is 3.19. The number of aliphatic imine (C=N–C) groups is 1. The lowest BCUT2D eigenvalue weighted by atomic mass is 9.85. The van der Waals surface area contributed by atoms with E-state index in [0.29, 0.717) is 11.6 Å². The molecule has 0 spiro atoms. The third kappa shape index (κ3) is 3.21. The van der Waals surface area contributed by atoms with E-state index in [4.69, 9.17) is 26.1 Å². The summed E-state index contributed by atoms with van der Waals surface area (Å²) in [6, 6.07) is 13.3. The minimum atomic E-state index is -0.391. The number of anilines is 1. The second-order valence-electron chi connectivity index (χ2n) is 8.17. The molecule has 0 saturated carbocycles. The molecule has 0 N–H and O–H groups in total. The molecule has 0 fully saturated rings. The fourth-order valence-corrected chi connectivity index (χ4v) is 6.11. The Kier molecular flexibility index (Phi) is 4.85. The fraction of sp³-hybridized carbons (Fsp3) is 0.240. The van der Waals surface area contributed by atoms with Crippen LogP contribution in [0, 0.1) is 0 Å². The van der Waals surface area contributed by atoms with Gasteiger partial charge in [-0.2, -0.15) is 0 Å². The van der Waals surface area contributed by atoms with Crippen molar-refractivity contribution in [2.45, 2.75) is 30.2 Å². The second-order valence-corrected chi connectivity index (χ2v) is 9.53. The molecule has 166 valence electrons. The van der Waals surface area contributed by atoms with E-state index >= 15 is 0 Å². The van der Waals surface area contributed by atoms with Crippen LogP contribution >= 0.6 is 23.4 Å². The Hall–Kier alpha value is -3.03. The number of ether oxygens (including phenoxy) is 2. The zero-order valence-electron chi connectivity index (χ0n) is 18.1. The minimum absolute atomic E-state index is 0.123. The van der Waals surface area contributed by atoms with Gasteiger partial charge < -0.3 is 14.4 Å². The van der Waals surface area contributed by atoms with E-state index < -0.39 is 6.04 Å². The van der Waals surface area contributed by atoms with E-state index in [9.17, 15) is 4.79 Å². The quantitative estimate of drug-likeness (QED) is 0.435. The molecule has 33 heavy (non-hydrogen) atoms. The van der Waals surface area contributed by atoms with Gasteiger partial charge in [0.2, 0.25) is 0 Å². The van der Waals surface area contributed by atoms with E-state index in [1.54, 1.807) is 26.0 Å². The summed E-state index contributed by atoms with van der Waals surface area (Å²) in [5, 5.41) is 2.14. The number of benzene rings is 2. The second kappa shape index (κ2) is 7.78. The third-order valence-electron chi connectivity index (χ3n) is 6.32. The molecule has 1 aliphatic carbocycles. The lowest BCUT2D eigenvalue weighted by Gasteiger charge is -2.37. The summed E-state index contributed by atoms with van der Waals surface area (Å²) >= 11 is 8.37. The molecule has 8 heteroatoms. The van der Waals surface area contributed by atoms with Gasteiger partial charge in [0.05, 0.1) is 37.2 Å². The van der Waals surface area contributed by atoms with Crippen LogP contribution in [0.3, 0.4) is 0 Å². The highest BCUT2D eigenvalue weighted by atomic mass is 35.5. The molecule has 1 aromatic heterocycles. The largest absolute Gasteiger partial charge is 0.497 e. The van der Waals surface area contributed by atoms with Gasteiger partial charge >= 0.3 is 0 Å². The van der Waals surface area contributed by atoms with Gasteiger partial charge in [-0.05, 0) is 67.1 Å². The SMILES string of the molecule is COc1ccc2c(c1)SC1=NC3=C(C(=O)CCC3)C(c3cc4cc(OC)ccc4nc3Cl)N12. The van der Waals surface area contributed by atoms with Gasteiger partial charge in [-0.15, -0.1) is 0 Å². The number of amidine groups is 1. The standard InChI is InChI=1S/C25H20ClN3O3S/c1-31-14-6-8-17-13(10-14)11-16(24(26)27-17)23-22-18(4-3-5-20(22)30)28-25-29(23)19-9-7-15(32-2)12-21(19)33-25/h6-12,23H,3-5H2,1-2H3. The highest BCUT2D eigenvalue weighted by molar-refractivity contribution is 8.14. The molecule has 1 unspecified atom stereocenters. The first-order valence-corrected chi connectivity index (χ1v) is 11.9. The van der Waals surface area contributed by atoms with E-state index in [1.165, 1.54) is 0 Å². The number of thioether (sulfide) groups is 1. The number of Topliss-reactive ketones (excluding diaryl/α,β-unsaturated/α-hetero) is 1. The predicted octanol–water partition coefficient (Wildman–Crippen LogP) is 5.94. The Bertz CT molecular complexity index is 1400. The van der Waals surface area contributed by atoms with Crippen molar-refractivity contribution in [1.29, 1.82) is 0 Å². The molecule has 3 aliphatic rings. The van der Waals surface area contributed by atoms with E-state index in [2.05, 4.69) is 9.88 Å². The maximum atomic E-state index is 13.2. The summed E-state index contributed by atoms with van der Waals surface area (Å²) in [4.78, 5) is 26.0. The van der Waals surface area contributed by atoms with Gasteiger partial charge in [-0.25, -0.2) is 9.98 Å². The van der Waals surface area contributed by atoms with Crippen molar-refractivity contribution in [3.63, 3.8) is 0 Å². The van der Waals surface area contributed by atoms with Crippen LogP contribution < -0.4 is 14.4 Å². The normalized spacial score (nSPS) is 19.2. The topological polar surface area (TPSA) is 64.0 Å². The number of halogens is 1. The van der Waals surface area contributed by atoms with Gasteiger partial charge in [0.1, 0.15) is 16.7 Å². The number of rotatable bonds is 3. The van der Waals surface area contributed by atoms with Crippen molar-refractivity contribution >= 4 is 50.9 Å². The van der Waals surface area contributed by atoms with Gasteiger partial charge in [0, 0.05) is 27.8 Å². The van der Waals surface area contributed by atoms with Gasteiger partial charge in [0.25, 0.3) is 0 Å². The van der Waals surface area contributed by atoms with E-state index in [0.717, 1.165) is 67.8 Å². The number of hydrogen-bond acceptors (Lipinski definition) is 7. The summed E-state index contributed by atoms with van der Waals surface area (Å²) in [6.45, 7) is 0. The fourth-order valence-electron chi connectivity index (χ4n) is 4.76. The maximum absolute atomic E-state index is 13.2. The van der Waals surface area contributed by atoms with E-state index in [-0.39, 0.29) is 5.78 Å². The van der Waals surface area contributed by atoms with Crippen LogP contribution in [0.15, 0.2) is 63.6 Å². The molecule has 2 aromatic carbocycles. The number of aromatic nitrogens is 1. The smallest absolute Gasteiger partial charge is 0.174 e. The molecule has 3 heterocycles. The van der Waals surface area contributed by atoms with E-state index in [1.807, 2.05) is 42.5 Å². The van der Waals surface area contributed by atoms with Crippen molar-refractivity contribution in [2.24, 2.45) is 4.99 Å². The molecule has 1 atom stereocenters.